The van der Waals surface area contributed by atoms with E-state index < -0.39 is 101 Å². The maximum atomic E-state index is 14.4. The van der Waals surface area contributed by atoms with Gasteiger partial charge in [-0.05, 0) is 89.1 Å². The van der Waals surface area contributed by atoms with Gasteiger partial charge in [-0.15, -0.1) is 13.2 Å². The standard InChI is InChI=1S/C34H43N6O9P.C32H39N6O9P/c1-6-8-12-19-46-31(42)22(3)39-50(44,49-25-17-13-15-23-14-10-11-16-24(23)25)47-20-26-28(41)34(4,43)32(48-26)40-21-36-27-29(40)37-33(35-5)38-30(27)45-18-9-7-2;1-20-29(40)44-17-10-6-4-5-9-16-43-28-25-27(35-31(33-3)36-28)38(19-34-25)30-32(2,41)26(39)24(46-30)18-45-48(42,37-20)47-23-15-11-13-21-12-7-8-14-22(21)23/h6-7,10-11,13-17,21-22,26,28,32,41,43H,1-2,8-9,12,18-20H2,3-5H3,(H,39,44)(H,35,37,38);4-5,7-8,11-15,19-20,24,26,30,39,41H,6,9-10,16-18H2,1-3H3,(H,37,42)(H,33,35,36)/t22-,26?,28+,32?,34+,50?;20-,24?,26+,30?,32+,48?/m00/s1. The van der Waals surface area contributed by atoms with E-state index in [2.05, 4.69) is 63.9 Å². The molecule has 11 rings (SSSR count). The first-order valence-electron chi connectivity index (χ1n) is 31.9. The van der Waals surface area contributed by atoms with Crippen LogP contribution < -0.4 is 39.3 Å². The highest BCUT2D eigenvalue weighted by molar-refractivity contribution is 7.52. The zero-order chi connectivity index (χ0) is 69.8. The minimum absolute atomic E-state index is 0.147. The van der Waals surface area contributed by atoms with E-state index in [0.717, 1.165) is 10.8 Å². The Hall–Kier alpha value is -8.48. The topological polar surface area (TPSA) is 377 Å². The molecule has 6 bridgehead atoms. The van der Waals surface area contributed by atoms with Crippen LogP contribution in [-0.2, 0) is 46.7 Å². The number of nitrogens with one attached hydrogen (secondary N) is 4. The monoisotopic (exact) mass is 1390 g/mol. The van der Waals surface area contributed by atoms with Gasteiger partial charge in [0.2, 0.25) is 23.7 Å². The lowest BCUT2D eigenvalue weighted by Gasteiger charge is -2.27. The van der Waals surface area contributed by atoms with Gasteiger partial charge < -0.3 is 68.5 Å². The molecule has 3 aliphatic heterocycles. The molecular weight excluding hydrogens is 1310 g/mol. The summed E-state index contributed by atoms with van der Waals surface area (Å²) in [6.45, 7) is 13.0. The predicted octanol–water partition coefficient (Wildman–Crippen LogP) is 8.55. The predicted molar refractivity (Wildman–Crippen MR) is 362 cm³/mol. The molecule has 98 heavy (non-hydrogen) atoms. The van der Waals surface area contributed by atoms with Crippen molar-refractivity contribution in [2.75, 3.05) is 64.4 Å². The van der Waals surface area contributed by atoms with Crippen LogP contribution in [0.5, 0.6) is 23.3 Å². The van der Waals surface area contributed by atoms with Gasteiger partial charge in [-0.25, -0.2) is 19.1 Å². The van der Waals surface area contributed by atoms with Crippen LogP contribution in [-0.4, -0.2) is 173 Å². The Labute approximate surface area is 564 Å². The molecule has 0 spiro atoms. The third-order valence-electron chi connectivity index (χ3n) is 16.2. The second-order valence-electron chi connectivity index (χ2n) is 23.6. The number of nitrogens with zero attached hydrogens (tertiary/aromatic N) is 8. The number of esters is 2. The van der Waals surface area contributed by atoms with Crippen molar-refractivity contribution >= 4 is 83.2 Å². The average Bonchev–Trinajstić information content (AvgIpc) is 1.60. The highest BCUT2D eigenvalue weighted by Crippen LogP contribution is 2.51. The molecule has 32 heteroatoms. The summed E-state index contributed by atoms with van der Waals surface area (Å²) in [7, 11) is -5.44. The zero-order valence-electron chi connectivity index (χ0n) is 55.0. The normalized spacial score (nSPS) is 25.6. The Morgan fingerprint density at radius 1 is 0.796 bits per heavy atom. The molecule has 8 aromatic rings. The molecule has 4 aromatic carbocycles. The van der Waals surface area contributed by atoms with Crippen LogP contribution in [0.1, 0.15) is 78.7 Å². The number of anilines is 2. The molecule has 0 radical (unpaired) electrons. The van der Waals surface area contributed by atoms with E-state index in [1.807, 2.05) is 60.7 Å². The van der Waals surface area contributed by atoms with Gasteiger partial charge in [-0.1, -0.05) is 97.1 Å². The van der Waals surface area contributed by atoms with Crippen molar-refractivity contribution in [2.45, 2.75) is 126 Å². The van der Waals surface area contributed by atoms with Crippen LogP contribution >= 0.6 is 15.5 Å². The van der Waals surface area contributed by atoms with Crippen molar-refractivity contribution in [2.24, 2.45) is 0 Å². The van der Waals surface area contributed by atoms with Crippen LogP contribution in [0.3, 0.4) is 0 Å². The van der Waals surface area contributed by atoms with Gasteiger partial charge >= 0.3 is 27.4 Å². The first-order valence-corrected chi connectivity index (χ1v) is 35.0. The largest absolute Gasteiger partial charge is 0.476 e. The lowest BCUT2D eigenvalue weighted by atomic mass is 9.96. The molecule has 12 atom stereocenters. The SMILES string of the molecule is C=CCCCOC(=O)[C@H](C)NP(=O)(OCC1OC(n2cnc3c(OCCC=C)nc(NC)nc32)[C@](C)(O)[C@@H]1O)Oc1cccc2ccccc12.CNc1nc2c3ncn(c3n1)C1OC(COP(=O)(Oc3cccc4ccccc34)N[C@@H](C)C(=O)OCCCC=CCCO2)[C@@H](O)[C@@]1(C)O. The lowest BCUT2D eigenvalue weighted by Crippen LogP contribution is -2.44. The highest BCUT2D eigenvalue weighted by atomic mass is 31.2. The number of unbranched alkanes of at least 4 members (excludes halogenated alkanes) is 1. The van der Waals surface area contributed by atoms with Crippen LogP contribution in [0.15, 0.2) is 135 Å². The second-order valence-corrected chi connectivity index (χ2v) is 27.0. The first kappa shape index (κ1) is 72.3. The van der Waals surface area contributed by atoms with Crippen molar-refractivity contribution < 1.29 is 85.7 Å². The molecule has 0 amide bonds. The summed E-state index contributed by atoms with van der Waals surface area (Å²) in [6.07, 6.45) is 5.96. The van der Waals surface area contributed by atoms with Gasteiger partial charge in [-0.3, -0.25) is 27.8 Å². The van der Waals surface area contributed by atoms with Crippen molar-refractivity contribution in [1.29, 1.82) is 0 Å². The van der Waals surface area contributed by atoms with Crippen LogP contribution in [0.25, 0.3) is 43.9 Å². The number of aliphatic hydroxyl groups is 4. The fraction of sp³-hybridized carbons (Fsp3) is 0.424. The minimum Gasteiger partial charge on any atom is -0.476 e. The Balaban J connectivity index is 0.000000213. The molecule has 2 saturated heterocycles. The van der Waals surface area contributed by atoms with Crippen molar-refractivity contribution in [3.8, 4) is 23.3 Å². The van der Waals surface area contributed by atoms with E-state index in [-0.39, 0.29) is 54.0 Å². The molecule has 4 aromatic heterocycles. The number of carbonyl (C=O) groups excluding carboxylic acids is 2. The maximum Gasteiger partial charge on any atom is 0.459 e. The van der Waals surface area contributed by atoms with Crippen LogP contribution in [0.2, 0.25) is 0 Å². The number of imidazole rings is 2. The van der Waals surface area contributed by atoms with E-state index >= 15 is 0 Å². The molecule has 2 fully saturated rings. The summed E-state index contributed by atoms with van der Waals surface area (Å²) in [5.74, 6) is 0.103. The van der Waals surface area contributed by atoms with Gasteiger partial charge in [0.25, 0.3) is 0 Å². The first-order chi connectivity index (χ1) is 47.1. The van der Waals surface area contributed by atoms with E-state index in [4.69, 9.17) is 46.5 Å². The summed E-state index contributed by atoms with van der Waals surface area (Å²) >= 11 is 0. The molecular formula is C66H82N12O18P2. The van der Waals surface area contributed by atoms with E-state index in [1.165, 1.54) is 49.5 Å². The quantitative estimate of drug-likeness (QED) is 0.0144. The molecule has 6 unspecified atom stereocenters. The van der Waals surface area contributed by atoms with Crippen LogP contribution in [0.4, 0.5) is 11.9 Å². The Morgan fingerprint density at radius 2 is 1.41 bits per heavy atom. The molecule has 8 N–H and O–H groups in total. The molecule has 7 heterocycles. The van der Waals surface area contributed by atoms with Crippen LogP contribution in [0, 0.1) is 0 Å². The molecule has 524 valence electrons. The van der Waals surface area contributed by atoms with E-state index in [9.17, 15) is 39.1 Å². The Morgan fingerprint density at radius 3 is 2.10 bits per heavy atom. The lowest BCUT2D eigenvalue weighted by molar-refractivity contribution is -0.146. The van der Waals surface area contributed by atoms with Crippen molar-refractivity contribution in [3.05, 3.63) is 135 Å². The summed E-state index contributed by atoms with van der Waals surface area (Å²) in [4.78, 5) is 52.3. The highest BCUT2D eigenvalue weighted by Gasteiger charge is 2.56. The van der Waals surface area contributed by atoms with Gasteiger partial charge in [0.05, 0.1) is 52.3 Å². The number of aromatic nitrogens is 8. The van der Waals surface area contributed by atoms with Gasteiger partial charge in [0.1, 0.15) is 59.2 Å². The number of allylic oxidation sites excluding steroid dienone is 2. The van der Waals surface area contributed by atoms with Crippen molar-refractivity contribution in [1.82, 2.24) is 49.2 Å². The number of rotatable bonds is 21. The van der Waals surface area contributed by atoms with E-state index in [1.54, 1.807) is 62.6 Å². The minimum atomic E-state index is -4.38. The van der Waals surface area contributed by atoms with Gasteiger partial charge in [-0.2, -0.15) is 30.1 Å². The molecule has 0 aliphatic carbocycles. The average molecular weight is 1390 g/mol. The smallest absolute Gasteiger partial charge is 0.459 e. The Kier molecular flexibility index (Phi) is 23.6. The van der Waals surface area contributed by atoms with Crippen molar-refractivity contribution in [3.63, 3.8) is 0 Å². The molecule has 30 nitrogen and oxygen atoms in total. The fourth-order valence-electron chi connectivity index (χ4n) is 10.9. The Bertz CT molecular complexity index is 4240. The summed E-state index contributed by atoms with van der Waals surface area (Å²) in [5, 5.41) is 59.8. The number of carbonyl (C=O) groups is 2. The third kappa shape index (κ3) is 16.6. The number of cyclic esters (lactones) is 1. The number of fused-ring (bicyclic) bond motifs is 6. The number of benzene rings is 4. The second kappa shape index (κ2) is 32.0. The number of ether oxygens (including phenoxy) is 6. The molecule has 0 saturated carbocycles. The molecule has 3 aliphatic rings. The summed E-state index contributed by atoms with van der Waals surface area (Å²) in [6, 6.07) is 23.0. The van der Waals surface area contributed by atoms with Gasteiger partial charge in [0.15, 0.2) is 34.8 Å². The third-order valence-corrected chi connectivity index (χ3v) is 19.5. The summed E-state index contributed by atoms with van der Waals surface area (Å²) in [5.41, 5.74) is -2.57. The number of aliphatic hydroxyl groups excluding tert-OH is 2. The fourth-order valence-corrected chi connectivity index (χ4v) is 14.0. The number of hydrogen-bond acceptors (Lipinski definition) is 26. The maximum absolute atomic E-state index is 14.4. The van der Waals surface area contributed by atoms with E-state index in [0.29, 0.717) is 79.2 Å². The zero-order valence-corrected chi connectivity index (χ0v) is 56.8. The number of hydrogen-bond donors (Lipinski definition) is 8. The van der Waals surface area contributed by atoms with Gasteiger partial charge in [0, 0.05) is 24.9 Å². The summed E-state index contributed by atoms with van der Waals surface area (Å²) < 4.78 is 90.3.